The maximum absolute atomic E-state index is 14.9. The van der Waals surface area contributed by atoms with Crippen molar-refractivity contribution in [2.45, 2.75) is 76.4 Å². The number of ketones is 1. The molecule has 0 amide bonds. The molecule has 4 aromatic rings. The number of hydrogen-bond acceptors (Lipinski definition) is 3. The summed E-state index contributed by atoms with van der Waals surface area (Å²) in [5, 5.41) is 2.33. The Morgan fingerprint density at radius 1 is 0.750 bits per heavy atom. The Hall–Kier alpha value is -3.47. The van der Waals surface area contributed by atoms with Gasteiger partial charge in [-0.25, -0.2) is 0 Å². The summed E-state index contributed by atoms with van der Waals surface area (Å²) >= 11 is 0. The van der Waals surface area contributed by atoms with Crippen molar-refractivity contribution < 1.29 is 14.0 Å². The predicted octanol–water partition coefficient (Wildman–Crippen LogP) is 8.58. The summed E-state index contributed by atoms with van der Waals surface area (Å²) < 4.78 is 13.8. The minimum Gasteiger partial charge on any atom is -0.497 e. The third-order valence-electron chi connectivity index (χ3n) is 10.9. The molecule has 2 saturated carbocycles. The molecule has 44 heavy (non-hydrogen) atoms. The number of rotatable bonds is 8. The summed E-state index contributed by atoms with van der Waals surface area (Å²) in [5.74, 6) is 0.994. The van der Waals surface area contributed by atoms with Gasteiger partial charge in [-0.15, -0.1) is 0 Å². The van der Waals surface area contributed by atoms with E-state index in [9.17, 15) is 4.79 Å². The van der Waals surface area contributed by atoms with Crippen molar-refractivity contribution in [1.29, 1.82) is 0 Å². The highest BCUT2D eigenvalue weighted by Gasteiger charge is 2.69. The molecule has 0 radical (unpaired) electrons. The van der Waals surface area contributed by atoms with Crippen LogP contribution in [0, 0.1) is 11.3 Å². The molecule has 0 spiro atoms. The van der Waals surface area contributed by atoms with Gasteiger partial charge in [-0.3, -0.25) is 4.79 Å². The molecule has 0 aliphatic heterocycles. The molecule has 0 aromatic heterocycles. The van der Waals surface area contributed by atoms with E-state index < -0.39 is 13.9 Å². The lowest BCUT2D eigenvalue weighted by molar-refractivity contribution is -0.0925. The summed E-state index contributed by atoms with van der Waals surface area (Å²) in [7, 11) is -1.27. The standard InChI is InChI=1S/C40H46O3Si/c1-38(2,3)44(33-19-11-7-12-20-33,34-21-13-8-14-22-34)43-40-28-16-15-27-39(40,4)35(30-23-25-32(42-5)26-24-30)29-36(40)37(41)31-17-9-6-10-18-31/h6-14,17-26,35-36H,15-16,27-29H2,1-5H3. The monoisotopic (exact) mass is 602 g/mol. The highest BCUT2D eigenvalue weighted by atomic mass is 28.4. The number of hydrogen-bond donors (Lipinski definition) is 0. The van der Waals surface area contributed by atoms with Crippen LogP contribution in [0.2, 0.25) is 5.04 Å². The molecule has 0 N–H and O–H groups in total. The fraction of sp³-hybridized carbons (Fsp3) is 0.375. The lowest BCUT2D eigenvalue weighted by Crippen LogP contribution is -2.72. The van der Waals surface area contributed by atoms with E-state index in [-0.39, 0.29) is 28.1 Å². The number of fused-ring (bicyclic) bond motifs is 1. The van der Waals surface area contributed by atoms with Crippen molar-refractivity contribution in [2.24, 2.45) is 11.3 Å². The van der Waals surface area contributed by atoms with Gasteiger partial charge in [-0.05, 0) is 58.3 Å². The average Bonchev–Trinajstić information content (AvgIpc) is 3.32. The third-order valence-corrected chi connectivity index (χ3v) is 16.0. The van der Waals surface area contributed by atoms with Crippen LogP contribution in [0.1, 0.15) is 81.6 Å². The van der Waals surface area contributed by atoms with Gasteiger partial charge in [0.25, 0.3) is 8.32 Å². The first-order valence-corrected chi connectivity index (χ1v) is 18.1. The number of carbonyl (C=O) groups excluding carboxylic acids is 1. The lowest BCUT2D eigenvalue weighted by atomic mass is 9.59. The Bertz CT molecular complexity index is 1520. The summed E-state index contributed by atoms with van der Waals surface area (Å²) in [5.41, 5.74) is 1.19. The molecule has 0 saturated heterocycles. The molecular weight excluding hydrogens is 557 g/mol. The van der Waals surface area contributed by atoms with Crippen LogP contribution in [0.4, 0.5) is 0 Å². The summed E-state index contributed by atoms with van der Waals surface area (Å²) in [6.45, 7) is 9.48. The highest BCUT2D eigenvalue weighted by Crippen LogP contribution is 2.67. The van der Waals surface area contributed by atoms with Crippen molar-refractivity contribution in [3.8, 4) is 5.75 Å². The maximum Gasteiger partial charge on any atom is 0.261 e. The lowest BCUT2D eigenvalue weighted by Gasteiger charge is -2.58. The van der Waals surface area contributed by atoms with Crippen LogP contribution >= 0.6 is 0 Å². The van der Waals surface area contributed by atoms with Crippen molar-refractivity contribution in [1.82, 2.24) is 0 Å². The van der Waals surface area contributed by atoms with Gasteiger partial charge in [0.2, 0.25) is 0 Å². The fourth-order valence-corrected chi connectivity index (χ4v) is 13.7. The van der Waals surface area contributed by atoms with Crippen molar-refractivity contribution >= 4 is 24.5 Å². The van der Waals surface area contributed by atoms with Crippen LogP contribution in [0.15, 0.2) is 115 Å². The molecule has 3 nitrogen and oxygen atoms in total. The van der Waals surface area contributed by atoms with E-state index >= 15 is 0 Å². The molecule has 228 valence electrons. The van der Waals surface area contributed by atoms with E-state index in [0.29, 0.717) is 0 Å². The number of carbonyl (C=O) groups is 1. The average molecular weight is 603 g/mol. The summed E-state index contributed by atoms with van der Waals surface area (Å²) in [6.07, 6.45) is 4.88. The van der Waals surface area contributed by atoms with Crippen LogP contribution < -0.4 is 15.1 Å². The second-order valence-electron chi connectivity index (χ2n) is 14.1. The second kappa shape index (κ2) is 11.8. The smallest absolute Gasteiger partial charge is 0.261 e. The SMILES string of the molecule is COc1ccc(C2CC(C(=O)c3ccccc3)C3(O[Si](c4ccccc4)(c4ccccc4)C(C)(C)C)CCCCC23C)cc1. The molecule has 0 bridgehead atoms. The zero-order chi connectivity index (χ0) is 31.0. The van der Waals surface area contributed by atoms with Crippen LogP contribution in [0.3, 0.4) is 0 Å². The molecule has 4 heteroatoms. The number of Topliss-reactive ketones (excluding diaryl/α,β-unsaturated/α-hetero) is 1. The van der Waals surface area contributed by atoms with Gasteiger partial charge < -0.3 is 9.16 Å². The zero-order valence-corrected chi connectivity index (χ0v) is 27.9. The molecule has 4 atom stereocenters. The van der Waals surface area contributed by atoms with Gasteiger partial charge in [0, 0.05) is 11.0 Å². The molecule has 6 rings (SSSR count). The highest BCUT2D eigenvalue weighted by molar-refractivity contribution is 6.99. The number of benzene rings is 4. The molecule has 0 heterocycles. The van der Waals surface area contributed by atoms with Crippen LogP contribution in [-0.4, -0.2) is 26.8 Å². The minimum absolute atomic E-state index is 0.185. The van der Waals surface area contributed by atoms with E-state index in [2.05, 4.69) is 113 Å². The van der Waals surface area contributed by atoms with E-state index in [1.807, 2.05) is 30.3 Å². The van der Waals surface area contributed by atoms with Gasteiger partial charge in [0.1, 0.15) is 5.75 Å². The fourth-order valence-electron chi connectivity index (χ4n) is 8.73. The van der Waals surface area contributed by atoms with Crippen LogP contribution in [0.5, 0.6) is 5.75 Å². The summed E-state index contributed by atoms with van der Waals surface area (Å²) in [4.78, 5) is 14.9. The quantitative estimate of drug-likeness (QED) is 0.150. The van der Waals surface area contributed by atoms with Gasteiger partial charge in [0.15, 0.2) is 5.78 Å². The van der Waals surface area contributed by atoms with E-state index in [0.717, 1.165) is 43.4 Å². The first-order valence-electron chi connectivity index (χ1n) is 16.2. The Kier molecular flexibility index (Phi) is 8.19. The molecule has 4 aromatic carbocycles. The zero-order valence-electron chi connectivity index (χ0n) is 26.9. The van der Waals surface area contributed by atoms with Crippen molar-refractivity contribution in [2.75, 3.05) is 7.11 Å². The Morgan fingerprint density at radius 2 is 1.27 bits per heavy atom. The number of ether oxygens (including phenoxy) is 1. The van der Waals surface area contributed by atoms with Gasteiger partial charge in [-0.2, -0.15) is 0 Å². The summed E-state index contributed by atoms with van der Waals surface area (Å²) in [6, 6.07) is 40.3. The largest absolute Gasteiger partial charge is 0.497 e. The predicted molar refractivity (Wildman–Crippen MR) is 183 cm³/mol. The molecular formula is C40H46O3Si. The van der Waals surface area contributed by atoms with Crippen LogP contribution in [0.25, 0.3) is 0 Å². The van der Waals surface area contributed by atoms with Crippen molar-refractivity contribution in [3.05, 3.63) is 126 Å². The number of methoxy groups -OCH3 is 1. The Balaban J connectivity index is 1.61. The second-order valence-corrected chi connectivity index (χ2v) is 18.3. The topological polar surface area (TPSA) is 35.5 Å². The normalized spacial score (nSPS) is 25.3. The molecule has 2 aliphatic rings. The van der Waals surface area contributed by atoms with Crippen LogP contribution in [-0.2, 0) is 4.43 Å². The minimum atomic E-state index is -2.98. The van der Waals surface area contributed by atoms with Crippen molar-refractivity contribution in [3.63, 3.8) is 0 Å². The van der Waals surface area contributed by atoms with E-state index in [1.54, 1.807) is 7.11 Å². The van der Waals surface area contributed by atoms with E-state index in [4.69, 9.17) is 9.16 Å². The first kappa shape index (κ1) is 30.5. The Labute approximate surface area is 264 Å². The van der Waals surface area contributed by atoms with Gasteiger partial charge >= 0.3 is 0 Å². The maximum atomic E-state index is 14.9. The Morgan fingerprint density at radius 3 is 1.80 bits per heavy atom. The van der Waals surface area contributed by atoms with E-state index in [1.165, 1.54) is 15.9 Å². The third kappa shape index (κ3) is 4.87. The van der Waals surface area contributed by atoms with Gasteiger partial charge in [-0.1, -0.05) is 144 Å². The molecule has 4 unspecified atom stereocenters. The molecule has 2 aliphatic carbocycles. The first-order chi connectivity index (χ1) is 21.2. The molecule has 2 fully saturated rings. The van der Waals surface area contributed by atoms with Gasteiger partial charge in [0.05, 0.1) is 18.6 Å².